The molecule has 2 aromatic rings. The fraction of sp³-hybridized carbons (Fsp3) is 0.182. The zero-order chi connectivity index (χ0) is 12.6. The molecule has 0 amide bonds. The van der Waals surface area contributed by atoms with Crippen LogP contribution in [0.1, 0.15) is 11.3 Å². The largest absolute Gasteiger partial charge is 0.383 e. The van der Waals surface area contributed by atoms with E-state index in [1.807, 2.05) is 0 Å². The molecule has 0 bridgehead atoms. The minimum absolute atomic E-state index is 0.00577. The van der Waals surface area contributed by atoms with Crippen molar-refractivity contribution in [3.63, 3.8) is 0 Å². The first-order valence-corrected chi connectivity index (χ1v) is 6.00. The average molecular weight is 349 g/mol. The summed E-state index contributed by atoms with van der Waals surface area (Å²) in [5, 5.41) is 4.14. The van der Waals surface area contributed by atoms with Crippen LogP contribution in [0.15, 0.2) is 18.2 Å². The van der Waals surface area contributed by atoms with Crippen LogP contribution in [-0.2, 0) is 6.54 Å². The molecule has 3 nitrogen and oxygen atoms in total. The second kappa shape index (κ2) is 4.59. The molecule has 2 rings (SSSR count). The van der Waals surface area contributed by atoms with E-state index in [9.17, 15) is 8.78 Å². The number of hydrogen-bond donors (Lipinski definition) is 1. The van der Waals surface area contributed by atoms with Gasteiger partial charge in [-0.1, -0.05) is 6.07 Å². The van der Waals surface area contributed by atoms with Crippen LogP contribution in [0, 0.1) is 22.1 Å². The summed E-state index contributed by atoms with van der Waals surface area (Å²) < 4.78 is 29.1. The number of halogens is 3. The summed E-state index contributed by atoms with van der Waals surface area (Å²) >= 11 is 2.05. The van der Waals surface area contributed by atoms with Gasteiger partial charge in [0.05, 0.1) is 15.8 Å². The number of aromatic nitrogens is 2. The van der Waals surface area contributed by atoms with Crippen molar-refractivity contribution in [2.45, 2.75) is 13.5 Å². The van der Waals surface area contributed by atoms with Crippen LogP contribution in [0.25, 0.3) is 0 Å². The average Bonchev–Trinajstić information content (AvgIpc) is 2.52. The Morgan fingerprint density at radius 2 is 1.94 bits per heavy atom. The number of benzene rings is 1. The van der Waals surface area contributed by atoms with Gasteiger partial charge in [0.1, 0.15) is 17.5 Å². The molecule has 0 aliphatic rings. The molecule has 17 heavy (non-hydrogen) atoms. The van der Waals surface area contributed by atoms with Crippen LogP contribution in [0.5, 0.6) is 0 Å². The van der Waals surface area contributed by atoms with Crippen molar-refractivity contribution in [2.24, 2.45) is 0 Å². The fourth-order valence-corrected chi connectivity index (χ4v) is 1.92. The maximum Gasteiger partial charge on any atom is 0.135 e. The lowest BCUT2D eigenvalue weighted by Gasteiger charge is -2.06. The number of anilines is 1. The lowest BCUT2D eigenvalue weighted by atomic mass is 10.2. The van der Waals surface area contributed by atoms with Gasteiger partial charge in [-0.3, -0.25) is 0 Å². The Bertz CT molecular complexity index is 546. The minimum atomic E-state index is -0.590. The Kier molecular flexibility index (Phi) is 3.32. The van der Waals surface area contributed by atoms with Crippen molar-refractivity contribution in [3.8, 4) is 0 Å². The van der Waals surface area contributed by atoms with Crippen molar-refractivity contribution in [1.29, 1.82) is 0 Å². The maximum absolute atomic E-state index is 13.5. The first-order chi connectivity index (χ1) is 8.00. The summed E-state index contributed by atoms with van der Waals surface area (Å²) in [7, 11) is 0. The van der Waals surface area contributed by atoms with Crippen molar-refractivity contribution in [2.75, 3.05) is 5.73 Å². The highest BCUT2D eigenvalue weighted by Gasteiger charge is 2.14. The molecular formula is C11H10F2IN3. The van der Waals surface area contributed by atoms with E-state index in [0.29, 0.717) is 5.82 Å². The Hall–Kier alpha value is -1.18. The second-order valence-corrected chi connectivity index (χ2v) is 4.72. The first-order valence-electron chi connectivity index (χ1n) is 4.92. The molecule has 1 aromatic carbocycles. The lowest BCUT2D eigenvalue weighted by molar-refractivity contribution is 0.534. The quantitative estimate of drug-likeness (QED) is 0.848. The van der Waals surface area contributed by atoms with Crippen LogP contribution in [-0.4, -0.2) is 9.78 Å². The molecular weight excluding hydrogens is 339 g/mol. The molecule has 1 aromatic heterocycles. The summed E-state index contributed by atoms with van der Waals surface area (Å²) in [6, 6.07) is 3.77. The Morgan fingerprint density at radius 1 is 1.35 bits per heavy atom. The molecule has 6 heteroatoms. The van der Waals surface area contributed by atoms with Crippen LogP contribution in [0.4, 0.5) is 14.6 Å². The topological polar surface area (TPSA) is 43.8 Å². The molecule has 2 N–H and O–H groups in total. The van der Waals surface area contributed by atoms with E-state index in [2.05, 4.69) is 27.7 Å². The van der Waals surface area contributed by atoms with E-state index >= 15 is 0 Å². The van der Waals surface area contributed by atoms with Gasteiger partial charge in [0.2, 0.25) is 0 Å². The number of aryl methyl sites for hydroxylation is 1. The normalized spacial score (nSPS) is 10.8. The Morgan fingerprint density at radius 3 is 2.41 bits per heavy atom. The first kappa shape index (κ1) is 12.3. The lowest BCUT2D eigenvalue weighted by Crippen LogP contribution is -2.09. The van der Waals surface area contributed by atoms with Gasteiger partial charge in [0.15, 0.2) is 0 Å². The number of hydrogen-bond acceptors (Lipinski definition) is 2. The van der Waals surface area contributed by atoms with E-state index in [0.717, 1.165) is 9.26 Å². The third-order valence-electron chi connectivity index (χ3n) is 2.46. The molecule has 0 fully saturated rings. The van der Waals surface area contributed by atoms with Crippen LogP contribution in [0.2, 0.25) is 0 Å². The zero-order valence-corrected chi connectivity index (χ0v) is 11.2. The van der Waals surface area contributed by atoms with Gasteiger partial charge >= 0.3 is 0 Å². The SMILES string of the molecule is Cc1nn(Cc2c(F)cccc2F)c(N)c1I. The number of rotatable bonds is 2. The highest BCUT2D eigenvalue weighted by molar-refractivity contribution is 14.1. The molecule has 0 saturated carbocycles. The highest BCUT2D eigenvalue weighted by Crippen LogP contribution is 2.21. The summed E-state index contributed by atoms with van der Waals surface area (Å²) in [4.78, 5) is 0. The van der Waals surface area contributed by atoms with Gasteiger partial charge in [-0.15, -0.1) is 0 Å². The molecule has 0 atom stereocenters. The number of nitrogen functional groups attached to an aromatic ring is 1. The summed E-state index contributed by atoms with van der Waals surface area (Å²) in [5.74, 6) is -0.758. The summed E-state index contributed by atoms with van der Waals surface area (Å²) in [6.07, 6.45) is 0. The van der Waals surface area contributed by atoms with Crippen molar-refractivity contribution in [3.05, 3.63) is 44.7 Å². The van der Waals surface area contributed by atoms with Crippen LogP contribution < -0.4 is 5.73 Å². The van der Waals surface area contributed by atoms with Gasteiger partial charge in [-0.2, -0.15) is 5.10 Å². The molecule has 0 saturated heterocycles. The molecule has 90 valence electrons. The number of nitrogens with two attached hydrogens (primary N) is 1. The predicted octanol–water partition coefficient (Wildman–Crippen LogP) is 2.70. The Balaban J connectivity index is 2.41. The molecule has 0 spiro atoms. The van der Waals surface area contributed by atoms with Crippen LogP contribution in [0.3, 0.4) is 0 Å². The summed E-state index contributed by atoms with van der Waals surface area (Å²) in [6.45, 7) is 1.79. The van der Waals surface area contributed by atoms with Gasteiger partial charge in [0, 0.05) is 5.56 Å². The minimum Gasteiger partial charge on any atom is -0.383 e. The third-order valence-corrected chi connectivity index (χ3v) is 3.79. The zero-order valence-electron chi connectivity index (χ0n) is 9.04. The second-order valence-electron chi connectivity index (χ2n) is 3.64. The van der Waals surface area contributed by atoms with Crippen molar-refractivity contribution >= 4 is 28.4 Å². The Labute approximate surface area is 111 Å². The smallest absolute Gasteiger partial charge is 0.135 e. The molecule has 0 aliphatic heterocycles. The predicted molar refractivity (Wildman–Crippen MR) is 69.6 cm³/mol. The van der Waals surface area contributed by atoms with Crippen molar-refractivity contribution < 1.29 is 8.78 Å². The molecule has 0 radical (unpaired) electrons. The van der Waals surface area contributed by atoms with Gasteiger partial charge < -0.3 is 5.73 Å². The standard InChI is InChI=1S/C11H10F2IN3/c1-6-10(14)11(15)17(16-6)5-7-8(12)3-2-4-9(7)13/h2-4H,5,15H2,1H3. The monoisotopic (exact) mass is 349 g/mol. The van der Waals surface area contributed by atoms with Gasteiger partial charge in [0.25, 0.3) is 0 Å². The highest BCUT2D eigenvalue weighted by atomic mass is 127. The molecule has 0 unspecified atom stereocenters. The molecule has 0 aliphatic carbocycles. The molecule has 1 heterocycles. The van der Waals surface area contributed by atoms with E-state index < -0.39 is 11.6 Å². The fourth-order valence-electron chi connectivity index (χ4n) is 1.53. The maximum atomic E-state index is 13.5. The summed E-state index contributed by atoms with van der Waals surface area (Å²) in [5.41, 5.74) is 6.52. The third kappa shape index (κ3) is 2.26. The van der Waals surface area contributed by atoms with E-state index in [1.165, 1.54) is 22.9 Å². The van der Waals surface area contributed by atoms with E-state index in [4.69, 9.17) is 5.73 Å². The van der Waals surface area contributed by atoms with Crippen molar-refractivity contribution in [1.82, 2.24) is 9.78 Å². The van der Waals surface area contributed by atoms with E-state index in [1.54, 1.807) is 6.92 Å². The van der Waals surface area contributed by atoms with Crippen LogP contribution >= 0.6 is 22.6 Å². The number of nitrogens with zero attached hydrogens (tertiary/aromatic N) is 2. The van der Waals surface area contributed by atoms with Gasteiger partial charge in [-0.25, -0.2) is 13.5 Å². The van der Waals surface area contributed by atoms with E-state index in [-0.39, 0.29) is 12.1 Å². The van der Waals surface area contributed by atoms with Gasteiger partial charge in [-0.05, 0) is 41.6 Å².